The van der Waals surface area contributed by atoms with Gasteiger partial charge in [-0.1, -0.05) is 22.0 Å². The number of benzene rings is 1. The molecule has 0 fully saturated rings. The van der Waals surface area contributed by atoms with Crippen LogP contribution in [0.3, 0.4) is 0 Å². The lowest BCUT2D eigenvalue weighted by atomic mass is 10.1. The summed E-state index contributed by atoms with van der Waals surface area (Å²) in [5.74, 6) is 0. The molecule has 66 valence electrons. The standard InChI is InChI=1S/C10H7BrIN/c1-6-8-4-13-5-10(12)7(8)2-3-9(6)11/h2-5H,1H3. The van der Waals surface area contributed by atoms with Crippen molar-refractivity contribution in [3.05, 3.63) is 38.1 Å². The number of aryl methyl sites for hydroxylation is 1. The fourth-order valence-electron chi connectivity index (χ4n) is 1.32. The van der Waals surface area contributed by atoms with Gasteiger partial charge in [-0.15, -0.1) is 0 Å². The molecule has 3 heteroatoms. The first-order valence-corrected chi connectivity index (χ1v) is 5.75. The molecule has 1 nitrogen and oxygen atoms in total. The summed E-state index contributed by atoms with van der Waals surface area (Å²) >= 11 is 5.82. The minimum absolute atomic E-state index is 1.14. The van der Waals surface area contributed by atoms with Crippen LogP contribution in [0.25, 0.3) is 10.8 Å². The average Bonchev–Trinajstić information content (AvgIpc) is 2.12. The summed E-state index contributed by atoms with van der Waals surface area (Å²) in [6, 6.07) is 4.20. The van der Waals surface area contributed by atoms with Gasteiger partial charge in [-0.05, 0) is 46.5 Å². The van der Waals surface area contributed by atoms with Crippen LogP contribution in [-0.4, -0.2) is 4.98 Å². The van der Waals surface area contributed by atoms with Crippen LogP contribution in [0.2, 0.25) is 0 Å². The van der Waals surface area contributed by atoms with Gasteiger partial charge in [0.15, 0.2) is 0 Å². The Balaban J connectivity index is 2.94. The summed E-state index contributed by atoms with van der Waals surface area (Å²) in [6.45, 7) is 2.10. The molecule has 0 spiro atoms. The molecule has 1 aromatic heterocycles. The van der Waals surface area contributed by atoms with Crippen molar-refractivity contribution in [2.75, 3.05) is 0 Å². The van der Waals surface area contributed by atoms with E-state index in [0.717, 1.165) is 4.47 Å². The van der Waals surface area contributed by atoms with Crippen LogP contribution in [0.4, 0.5) is 0 Å². The van der Waals surface area contributed by atoms with E-state index in [1.807, 2.05) is 12.4 Å². The summed E-state index contributed by atoms with van der Waals surface area (Å²) in [5, 5.41) is 2.50. The highest BCUT2D eigenvalue weighted by molar-refractivity contribution is 14.1. The Morgan fingerprint density at radius 3 is 2.77 bits per heavy atom. The highest BCUT2D eigenvalue weighted by atomic mass is 127. The first kappa shape index (κ1) is 9.40. The molecule has 2 rings (SSSR count). The van der Waals surface area contributed by atoms with Gasteiger partial charge >= 0.3 is 0 Å². The van der Waals surface area contributed by atoms with E-state index in [1.54, 1.807) is 0 Å². The number of aromatic nitrogens is 1. The van der Waals surface area contributed by atoms with Crippen molar-refractivity contribution in [3.63, 3.8) is 0 Å². The van der Waals surface area contributed by atoms with Crippen LogP contribution in [-0.2, 0) is 0 Å². The maximum atomic E-state index is 4.19. The monoisotopic (exact) mass is 347 g/mol. The zero-order chi connectivity index (χ0) is 9.42. The smallest absolute Gasteiger partial charge is 0.0408 e. The third kappa shape index (κ3) is 1.59. The lowest BCUT2D eigenvalue weighted by molar-refractivity contribution is 1.33. The third-order valence-corrected chi connectivity index (χ3v) is 3.82. The van der Waals surface area contributed by atoms with E-state index in [-0.39, 0.29) is 0 Å². The van der Waals surface area contributed by atoms with Gasteiger partial charge in [0.05, 0.1) is 0 Å². The second-order valence-electron chi connectivity index (χ2n) is 2.89. The number of pyridine rings is 1. The maximum absolute atomic E-state index is 4.19. The van der Waals surface area contributed by atoms with Gasteiger partial charge in [0, 0.05) is 25.8 Å². The predicted octanol–water partition coefficient (Wildman–Crippen LogP) is 3.91. The Kier molecular flexibility index (Phi) is 2.55. The Morgan fingerprint density at radius 2 is 2.00 bits per heavy atom. The SMILES string of the molecule is Cc1c(Br)ccc2c(I)cncc12. The molecule has 0 aliphatic rings. The van der Waals surface area contributed by atoms with Crippen molar-refractivity contribution >= 4 is 49.3 Å². The molecule has 1 aromatic carbocycles. The molecule has 0 bridgehead atoms. The molecule has 13 heavy (non-hydrogen) atoms. The summed E-state index contributed by atoms with van der Waals surface area (Å²) in [4.78, 5) is 4.19. The van der Waals surface area contributed by atoms with Gasteiger partial charge in [-0.25, -0.2) is 0 Å². The quantitative estimate of drug-likeness (QED) is 0.658. The van der Waals surface area contributed by atoms with E-state index in [2.05, 4.69) is 62.6 Å². The Morgan fingerprint density at radius 1 is 1.23 bits per heavy atom. The molecule has 2 aromatic rings. The minimum atomic E-state index is 1.14. The molecule has 1 heterocycles. The van der Waals surface area contributed by atoms with Crippen LogP contribution >= 0.6 is 38.5 Å². The van der Waals surface area contributed by atoms with Crippen LogP contribution in [0, 0.1) is 10.5 Å². The van der Waals surface area contributed by atoms with Gasteiger partial charge < -0.3 is 0 Å². The molecule has 0 atom stereocenters. The van der Waals surface area contributed by atoms with Crippen molar-refractivity contribution in [1.29, 1.82) is 0 Å². The van der Waals surface area contributed by atoms with Gasteiger partial charge in [0.25, 0.3) is 0 Å². The van der Waals surface area contributed by atoms with Crippen molar-refractivity contribution in [2.24, 2.45) is 0 Å². The summed E-state index contributed by atoms with van der Waals surface area (Å²) in [6.07, 6.45) is 3.80. The summed E-state index contributed by atoms with van der Waals surface area (Å²) in [5.41, 5.74) is 1.25. The topological polar surface area (TPSA) is 12.9 Å². The van der Waals surface area contributed by atoms with Crippen molar-refractivity contribution in [3.8, 4) is 0 Å². The number of halogens is 2. The minimum Gasteiger partial charge on any atom is -0.263 e. The van der Waals surface area contributed by atoms with Crippen molar-refractivity contribution < 1.29 is 0 Å². The van der Waals surface area contributed by atoms with Gasteiger partial charge in [0.2, 0.25) is 0 Å². The van der Waals surface area contributed by atoms with Gasteiger partial charge in [-0.2, -0.15) is 0 Å². The van der Waals surface area contributed by atoms with Crippen molar-refractivity contribution in [1.82, 2.24) is 4.98 Å². The summed E-state index contributed by atoms with van der Waals surface area (Å²) in [7, 11) is 0. The first-order valence-electron chi connectivity index (χ1n) is 3.88. The Labute approximate surface area is 98.8 Å². The van der Waals surface area contributed by atoms with E-state index in [1.165, 1.54) is 19.9 Å². The number of fused-ring (bicyclic) bond motifs is 1. The molecule has 0 N–H and O–H groups in total. The largest absolute Gasteiger partial charge is 0.263 e. The van der Waals surface area contributed by atoms with E-state index in [0.29, 0.717) is 0 Å². The molecular formula is C10H7BrIN. The van der Waals surface area contributed by atoms with Crippen LogP contribution in [0.5, 0.6) is 0 Å². The summed E-state index contributed by atoms with van der Waals surface area (Å²) < 4.78 is 2.34. The lowest BCUT2D eigenvalue weighted by Crippen LogP contribution is -1.85. The number of nitrogens with zero attached hydrogens (tertiary/aromatic N) is 1. The molecule has 0 saturated heterocycles. The molecule has 0 unspecified atom stereocenters. The molecule has 0 aliphatic heterocycles. The van der Waals surface area contributed by atoms with Gasteiger partial charge in [-0.3, -0.25) is 4.98 Å². The van der Waals surface area contributed by atoms with Crippen LogP contribution in [0.1, 0.15) is 5.56 Å². The number of hydrogen-bond donors (Lipinski definition) is 0. The maximum Gasteiger partial charge on any atom is 0.0408 e. The predicted molar refractivity (Wildman–Crippen MR) is 66.9 cm³/mol. The fraction of sp³-hybridized carbons (Fsp3) is 0.100. The van der Waals surface area contributed by atoms with Crippen LogP contribution in [0.15, 0.2) is 29.0 Å². The molecular weight excluding hydrogens is 341 g/mol. The zero-order valence-corrected chi connectivity index (χ0v) is 10.8. The normalized spacial score (nSPS) is 10.7. The molecule has 0 saturated carbocycles. The van der Waals surface area contributed by atoms with Crippen molar-refractivity contribution in [2.45, 2.75) is 6.92 Å². The molecule has 0 aliphatic carbocycles. The van der Waals surface area contributed by atoms with E-state index in [4.69, 9.17) is 0 Å². The third-order valence-electron chi connectivity index (χ3n) is 2.10. The number of rotatable bonds is 0. The van der Waals surface area contributed by atoms with E-state index >= 15 is 0 Å². The van der Waals surface area contributed by atoms with Crippen LogP contribution < -0.4 is 0 Å². The zero-order valence-electron chi connectivity index (χ0n) is 7.01. The van der Waals surface area contributed by atoms with E-state index < -0.39 is 0 Å². The highest BCUT2D eigenvalue weighted by Gasteiger charge is 2.03. The molecule has 0 amide bonds. The van der Waals surface area contributed by atoms with Gasteiger partial charge in [0.1, 0.15) is 0 Å². The average molecular weight is 348 g/mol. The second-order valence-corrected chi connectivity index (χ2v) is 4.91. The highest BCUT2D eigenvalue weighted by Crippen LogP contribution is 2.27. The molecule has 0 radical (unpaired) electrons. The Bertz CT molecular complexity index is 468. The lowest BCUT2D eigenvalue weighted by Gasteiger charge is -2.04. The first-order chi connectivity index (χ1) is 6.20. The Hall–Kier alpha value is -0.160. The fourth-order valence-corrected chi connectivity index (χ4v) is 2.30. The second kappa shape index (κ2) is 3.53. The van der Waals surface area contributed by atoms with E-state index in [9.17, 15) is 0 Å². The number of hydrogen-bond acceptors (Lipinski definition) is 1.